The molecule has 0 unspecified atom stereocenters. The van der Waals surface area contributed by atoms with Crippen LogP contribution in [0, 0.1) is 0 Å². The lowest BCUT2D eigenvalue weighted by atomic mass is 10.1. The minimum absolute atomic E-state index is 0.0896. The fraction of sp³-hybridized carbons (Fsp3) is 0.250. The molecule has 1 amide bonds. The van der Waals surface area contributed by atoms with Gasteiger partial charge in [0.1, 0.15) is 18.4 Å². The standard InChI is InChI=1S/C16H18N6O2/c1-24-14-6-3-2-5-12(14)13-9-15(21-20-13)19-16(23)7-4-8-22-11-17-10-18-22/h2-3,5-6,9-11H,4,7-8H2,1H3,(H2,19,20,21,23). The van der Waals surface area contributed by atoms with E-state index in [-0.39, 0.29) is 5.91 Å². The molecule has 0 aliphatic rings. The minimum Gasteiger partial charge on any atom is -0.496 e. The Morgan fingerprint density at radius 2 is 2.25 bits per heavy atom. The molecule has 0 aliphatic heterocycles. The Labute approximate surface area is 138 Å². The summed E-state index contributed by atoms with van der Waals surface area (Å²) < 4.78 is 7.03. The zero-order valence-electron chi connectivity index (χ0n) is 13.3. The van der Waals surface area contributed by atoms with E-state index in [1.165, 1.54) is 6.33 Å². The predicted molar refractivity (Wildman–Crippen MR) is 88.5 cm³/mol. The first kappa shape index (κ1) is 15.7. The average Bonchev–Trinajstić information content (AvgIpc) is 3.27. The molecule has 0 spiro atoms. The molecule has 0 saturated heterocycles. The number of aryl methyl sites for hydroxylation is 1. The summed E-state index contributed by atoms with van der Waals surface area (Å²) in [6.07, 6.45) is 4.17. The van der Waals surface area contributed by atoms with Crippen molar-refractivity contribution >= 4 is 11.7 Å². The van der Waals surface area contributed by atoms with Crippen LogP contribution in [-0.2, 0) is 11.3 Å². The minimum atomic E-state index is -0.0896. The molecular formula is C16H18N6O2. The highest BCUT2D eigenvalue weighted by Crippen LogP contribution is 2.29. The third-order valence-corrected chi connectivity index (χ3v) is 3.50. The Kier molecular flexibility index (Phi) is 4.85. The van der Waals surface area contributed by atoms with Gasteiger partial charge >= 0.3 is 0 Å². The van der Waals surface area contributed by atoms with Gasteiger partial charge in [0.2, 0.25) is 5.91 Å². The maximum atomic E-state index is 12.0. The summed E-state index contributed by atoms with van der Waals surface area (Å²) in [5, 5.41) is 13.8. The van der Waals surface area contributed by atoms with E-state index in [2.05, 4.69) is 25.6 Å². The molecule has 3 rings (SSSR count). The van der Waals surface area contributed by atoms with Gasteiger partial charge < -0.3 is 10.1 Å². The van der Waals surface area contributed by atoms with Crippen molar-refractivity contribution in [3.8, 4) is 17.0 Å². The van der Waals surface area contributed by atoms with E-state index in [1.807, 2.05) is 24.3 Å². The summed E-state index contributed by atoms with van der Waals surface area (Å²) in [5.74, 6) is 1.14. The Bertz CT molecular complexity index is 797. The molecule has 124 valence electrons. The van der Waals surface area contributed by atoms with Gasteiger partial charge in [-0.25, -0.2) is 4.98 Å². The zero-order chi connectivity index (χ0) is 16.8. The number of rotatable bonds is 7. The summed E-state index contributed by atoms with van der Waals surface area (Å²) in [6.45, 7) is 0.653. The summed E-state index contributed by atoms with van der Waals surface area (Å²) in [6, 6.07) is 9.40. The molecule has 0 radical (unpaired) electrons. The van der Waals surface area contributed by atoms with Gasteiger partial charge in [0.25, 0.3) is 0 Å². The van der Waals surface area contributed by atoms with E-state index < -0.39 is 0 Å². The first-order valence-electron chi connectivity index (χ1n) is 7.57. The van der Waals surface area contributed by atoms with Crippen LogP contribution < -0.4 is 10.1 Å². The summed E-state index contributed by atoms with van der Waals surface area (Å²) in [5.41, 5.74) is 1.67. The molecule has 2 N–H and O–H groups in total. The average molecular weight is 326 g/mol. The molecule has 0 bridgehead atoms. The number of anilines is 1. The van der Waals surface area contributed by atoms with Crippen LogP contribution in [0.1, 0.15) is 12.8 Å². The number of benzene rings is 1. The third-order valence-electron chi connectivity index (χ3n) is 3.50. The van der Waals surface area contributed by atoms with Crippen molar-refractivity contribution < 1.29 is 9.53 Å². The molecule has 0 saturated carbocycles. The maximum Gasteiger partial charge on any atom is 0.225 e. The van der Waals surface area contributed by atoms with Crippen molar-refractivity contribution in [2.75, 3.05) is 12.4 Å². The van der Waals surface area contributed by atoms with Crippen molar-refractivity contribution in [3.05, 3.63) is 43.0 Å². The number of carbonyl (C=O) groups excluding carboxylic acids is 1. The predicted octanol–water partition coefficient (Wildman–Crippen LogP) is 2.10. The SMILES string of the molecule is COc1ccccc1-c1cc(NC(=O)CCCn2cncn2)n[nH]1. The van der Waals surface area contributed by atoms with E-state index in [1.54, 1.807) is 24.2 Å². The molecule has 0 aliphatic carbocycles. The highest BCUT2D eigenvalue weighted by Gasteiger charge is 2.10. The van der Waals surface area contributed by atoms with Crippen molar-refractivity contribution in [2.45, 2.75) is 19.4 Å². The molecule has 0 fully saturated rings. The van der Waals surface area contributed by atoms with Crippen LogP contribution in [0.4, 0.5) is 5.82 Å². The molecule has 1 aromatic carbocycles. The van der Waals surface area contributed by atoms with Crippen LogP contribution in [-0.4, -0.2) is 38.0 Å². The number of hydrogen-bond donors (Lipinski definition) is 2. The summed E-state index contributed by atoms with van der Waals surface area (Å²) in [4.78, 5) is 15.8. The number of amides is 1. The fourth-order valence-electron chi connectivity index (χ4n) is 2.35. The van der Waals surface area contributed by atoms with Crippen molar-refractivity contribution in [1.82, 2.24) is 25.0 Å². The number of H-pyrrole nitrogens is 1. The van der Waals surface area contributed by atoms with Crippen molar-refractivity contribution in [1.29, 1.82) is 0 Å². The molecular weight excluding hydrogens is 308 g/mol. The monoisotopic (exact) mass is 326 g/mol. The van der Waals surface area contributed by atoms with E-state index in [0.717, 1.165) is 17.0 Å². The number of para-hydroxylation sites is 1. The van der Waals surface area contributed by atoms with Gasteiger partial charge in [-0.15, -0.1) is 0 Å². The second kappa shape index (κ2) is 7.40. The van der Waals surface area contributed by atoms with Crippen LogP contribution in [0.3, 0.4) is 0 Å². The highest BCUT2D eigenvalue weighted by atomic mass is 16.5. The number of carbonyl (C=O) groups is 1. The molecule has 0 atom stereocenters. The molecule has 8 nitrogen and oxygen atoms in total. The number of hydrogen-bond acceptors (Lipinski definition) is 5. The van der Waals surface area contributed by atoms with Gasteiger partial charge in [0.05, 0.1) is 12.8 Å². The highest BCUT2D eigenvalue weighted by molar-refractivity contribution is 5.90. The largest absolute Gasteiger partial charge is 0.496 e. The van der Waals surface area contributed by atoms with Crippen LogP contribution in [0.25, 0.3) is 11.3 Å². The molecule has 8 heteroatoms. The number of ether oxygens (including phenoxy) is 1. The summed E-state index contributed by atoms with van der Waals surface area (Å²) in [7, 11) is 1.62. The van der Waals surface area contributed by atoms with Crippen LogP contribution in [0.2, 0.25) is 0 Å². The fourth-order valence-corrected chi connectivity index (χ4v) is 2.35. The first-order chi connectivity index (χ1) is 11.8. The van der Waals surface area contributed by atoms with Crippen LogP contribution in [0.5, 0.6) is 5.75 Å². The van der Waals surface area contributed by atoms with Gasteiger partial charge in [0.15, 0.2) is 5.82 Å². The van der Waals surface area contributed by atoms with E-state index >= 15 is 0 Å². The van der Waals surface area contributed by atoms with Gasteiger partial charge in [-0.3, -0.25) is 14.6 Å². The Balaban J connectivity index is 1.56. The van der Waals surface area contributed by atoms with Gasteiger partial charge in [-0.2, -0.15) is 10.2 Å². The molecule has 3 aromatic rings. The van der Waals surface area contributed by atoms with Crippen molar-refractivity contribution in [3.63, 3.8) is 0 Å². The lowest BCUT2D eigenvalue weighted by molar-refractivity contribution is -0.116. The maximum absolute atomic E-state index is 12.0. The normalized spacial score (nSPS) is 10.5. The van der Waals surface area contributed by atoms with Crippen LogP contribution in [0.15, 0.2) is 43.0 Å². The number of methoxy groups -OCH3 is 1. The zero-order valence-corrected chi connectivity index (χ0v) is 13.3. The van der Waals surface area contributed by atoms with Gasteiger partial charge in [-0.1, -0.05) is 12.1 Å². The van der Waals surface area contributed by atoms with E-state index in [0.29, 0.717) is 25.2 Å². The molecule has 2 aromatic heterocycles. The third kappa shape index (κ3) is 3.78. The number of aromatic nitrogens is 5. The number of aromatic amines is 1. The smallest absolute Gasteiger partial charge is 0.225 e. The van der Waals surface area contributed by atoms with Crippen LogP contribution >= 0.6 is 0 Å². The summed E-state index contributed by atoms with van der Waals surface area (Å²) >= 11 is 0. The second-order valence-electron chi connectivity index (χ2n) is 5.18. The topological polar surface area (TPSA) is 97.7 Å². The Morgan fingerprint density at radius 1 is 1.38 bits per heavy atom. The van der Waals surface area contributed by atoms with Gasteiger partial charge in [0, 0.05) is 24.6 Å². The van der Waals surface area contributed by atoms with Crippen molar-refractivity contribution in [2.24, 2.45) is 0 Å². The van der Waals surface area contributed by atoms with E-state index in [4.69, 9.17) is 4.74 Å². The quantitative estimate of drug-likeness (QED) is 0.693. The lowest BCUT2D eigenvalue weighted by Gasteiger charge is -2.05. The lowest BCUT2D eigenvalue weighted by Crippen LogP contribution is -2.12. The number of nitrogens with one attached hydrogen (secondary N) is 2. The molecule has 24 heavy (non-hydrogen) atoms. The first-order valence-corrected chi connectivity index (χ1v) is 7.57. The molecule has 2 heterocycles. The second-order valence-corrected chi connectivity index (χ2v) is 5.18. The number of nitrogens with zero attached hydrogens (tertiary/aromatic N) is 4. The van der Waals surface area contributed by atoms with Gasteiger partial charge in [-0.05, 0) is 18.6 Å². The Hall–Kier alpha value is -3.16. The van der Waals surface area contributed by atoms with E-state index in [9.17, 15) is 4.79 Å². The Morgan fingerprint density at radius 3 is 3.04 bits per heavy atom.